The Morgan fingerprint density at radius 1 is 1.38 bits per heavy atom. The molecule has 1 aliphatic heterocycles. The Morgan fingerprint density at radius 3 is 2.71 bits per heavy atom. The Kier molecular flexibility index (Phi) is 4.47. The average Bonchev–Trinajstić information content (AvgIpc) is 2.72. The van der Waals surface area contributed by atoms with Crippen LogP contribution in [0.4, 0.5) is 4.79 Å². The summed E-state index contributed by atoms with van der Waals surface area (Å²) >= 11 is 0.829. The number of imide groups is 1. The Bertz CT molecular complexity index is 638. The average molecular weight is 305 g/mol. The van der Waals surface area contributed by atoms with Crippen molar-refractivity contribution in [2.45, 2.75) is 19.9 Å². The fourth-order valence-corrected chi connectivity index (χ4v) is 2.91. The monoisotopic (exact) mass is 305 g/mol. The summed E-state index contributed by atoms with van der Waals surface area (Å²) in [7, 11) is 1.22. The number of amides is 2. The van der Waals surface area contributed by atoms with Crippen LogP contribution in [0.1, 0.15) is 18.1 Å². The molecule has 0 spiro atoms. The third-order valence-electron chi connectivity index (χ3n) is 3.09. The van der Waals surface area contributed by atoms with Crippen LogP contribution in [0.15, 0.2) is 29.2 Å². The molecule has 1 aromatic carbocycles. The molecule has 1 saturated heterocycles. The van der Waals surface area contributed by atoms with E-state index in [4.69, 9.17) is 0 Å². The van der Waals surface area contributed by atoms with Crippen molar-refractivity contribution in [3.05, 3.63) is 40.3 Å². The van der Waals surface area contributed by atoms with Gasteiger partial charge >= 0.3 is 5.97 Å². The zero-order chi connectivity index (χ0) is 15.6. The maximum Gasteiger partial charge on any atom is 0.328 e. The van der Waals surface area contributed by atoms with Gasteiger partial charge in [-0.15, -0.1) is 0 Å². The molecule has 0 aliphatic carbocycles. The number of hydrogen-bond acceptors (Lipinski definition) is 5. The van der Waals surface area contributed by atoms with Gasteiger partial charge in [0.05, 0.1) is 12.0 Å². The molecule has 0 bridgehead atoms. The number of carbonyl (C=O) groups is 3. The van der Waals surface area contributed by atoms with E-state index in [0.29, 0.717) is 4.91 Å². The number of aryl methyl sites for hydroxylation is 1. The largest absolute Gasteiger partial charge is 0.467 e. The van der Waals surface area contributed by atoms with E-state index in [1.165, 1.54) is 14.0 Å². The molecule has 0 unspecified atom stereocenters. The van der Waals surface area contributed by atoms with Crippen molar-refractivity contribution in [2.75, 3.05) is 7.11 Å². The molecule has 6 heteroatoms. The molecule has 1 aliphatic rings. The second-order valence-corrected chi connectivity index (χ2v) is 5.66. The van der Waals surface area contributed by atoms with Crippen LogP contribution in [0.3, 0.4) is 0 Å². The van der Waals surface area contributed by atoms with Crippen LogP contribution < -0.4 is 0 Å². The third kappa shape index (κ3) is 3.16. The number of ether oxygens (including phenoxy) is 1. The van der Waals surface area contributed by atoms with E-state index in [9.17, 15) is 14.4 Å². The van der Waals surface area contributed by atoms with Crippen molar-refractivity contribution in [1.29, 1.82) is 0 Å². The first-order valence-electron chi connectivity index (χ1n) is 6.35. The summed E-state index contributed by atoms with van der Waals surface area (Å²) < 4.78 is 4.58. The van der Waals surface area contributed by atoms with Crippen LogP contribution in [0.5, 0.6) is 0 Å². The number of esters is 1. The van der Waals surface area contributed by atoms with E-state index in [1.807, 2.05) is 31.2 Å². The van der Waals surface area contributed by atoms with Gasteiger partial charge in [-0.2, -0.15) is 0 Å². The first-order valence-corrected chi connectivity index (χ1v) is 7.17. The van der Waals surface area contributed by atoms with Gasteiger partial charge in [0.15, 0.2) is 0 Å². The van der Waals surface area contributed by atoms with Crippen molar-refractivity contribution in [3.63, 3.8) is 0 Å². The Labute approximate surface area is 127 Å². The van der Waals surface area contributed by atoms with Crippen LogP contribution in [0, 0.1) is 6.92 Å². The molecule has 110 valence electrons. The van der Waals surface area contributed by atoms with Crippen molar-refractivity contribution >= 4 is 35.0 Å². The van der Waals surface area contributed by atoms with Crippen LogP contribution in [-0.4, -0.2) is 35.2 Å². The van der Waals surface area contributed by atoms with E-state index in [2.05, 4.69) is 4.74 Å². The van der Waals surface area contributed by atoms with E-state index in [-0.39, 0.29) is 0 Å². The SMILES string of the molecule is COC(=O)[C@@H](C)N1C(=O)S/C(=C\c2cccc(C)c2)C1=O. The summed E-state index contributed by atoms with van der Waals surface area (Å²) in [5.41, 5.74) is 1.90. The number of methoxy groups -OCH3 is 1. The Balaban J connectivity index is 2.28. The minimum atomic E-state index is -0.925. The van der Waals surface area contributed by atoms with Crippen LogP contribution in [0.2, 0.25) is 0 Å². The fourth-order valence-electron chi connectivity index (χ4n) is 2.00. The zero-order valence-corrected chi connectivity index (χ0v) is 12.8. The number of nitrogens with zero attached hydrogens (tertiary/aromatic N) is 1. The molecule has 0 N–H and O–H groups in total. The van der Waals surface area contributed by atoms with Crippen molar-refractivity contribution in [2.24, 2.45) is 0 Å². The number of thioether (sulfide) groups is 1. The van der Waals surface area contributed by atoms with E-state index in [0.717, 1.165) is 27.8 Å². The minimum Gasteiger partial charge on any atom is -0.467 e. The molecule has 21 heavy (non-hydrogen) atoms. The lowest BCUT2D eigenvalue weighted by Crippen LogP contribution is -2.42. The van der Waals surface area contributed by atoms with Crippen molar-refractivity contribution in [3.8, 4) is 0 Å². The van der Waals surface area contributed by atoms with Gasteiger partial charge in [-0.05, 0) is 37.2 Å². The molecule has 1 aromatic rings. The molecule has 1 fully saturated rings. The lowest BCUT2D eigenvalue weighted by Gasteiger charge is -2.18. The van der Waals surface area contributed by atoms with Gasteiger partial charge < -0.3 is 4.74 Å². The van der Waals surface area contributed by atoms with Crippen LogP contribution >= 0.6 is 11.8 Å². The third-order valence-corrected chi connectivity index (χ3v) is 3.98. The van der Waals surface area contributed by atoms with Gasteiger partial charge in [-0.3, -0.25) is 14.5 Å². The molecule has 0 radical (unpaired) electrons. The maximum absolute atomic E-state index is 12.3. The minimum absolute atomic E-state index is 0.307. The lowest BCUT2D eigenvalue weighted by atomic mass is 10.1. The first kappa shape index (κ1) is 15.3. The Hall–Kier alpha value is -2.08. The summed E-state index contributed by atoms with van der Waals surface area (Å²) in [6.45, 7) is 3.42. The topological polar surface area (TPSA) is 63.7 Å². The van der Waals surface area contributed by atoms with E-state index in [1.54, 1.807) is 6.08 Å². The van der Waals surface area contributed by atoms with Gasteiger partial charge in [-0.1, -0.05) is 29.8 Å². The quantitative estimate of drug-likeness (QED) is 0.634. The number of hydrogen-bond donors (Lipinski definition) is 0. The van der Waals surface area contributed by atoms with Crippen molar-refractivity contribution in [1.82, 2.24) is 4.90 Å². The molecule has 0 aromatic heterocycles. The predicted octanol–water partition coefficient (Wildman–Crippen LogP) is 2.59. The van der Waals surface area contributed by atoms with Gasteiger partial charge in [0.25, 0.3) is 11.1 Å². The fraction of sp³-hybridized carbons (Fsp3) is 0.267. The molecular formula is C15H15NO4S. The molecular weight excluding hydrogens is 290 g/mol. The molecule has 2 rings (SSSR count). The highest BCUT2D eigenvalue weighted by Crippen LogP contribution is 2.33. The second-order valence-electron chi connectivity index (χ2n) is 4.66. The summed E-state index contributed by atoms with van der Waals surface area (Å²) in [4.78, 5) is 36.9. The molecule has 1 atom stereocenters. The van der Waals surface area contributed by atoms with Gasteiger partial charge in [-0.25, -0.2) is 4.79 Å². The number of rotatable bonds is 3. The summed E-state index contributed by atoms with van der Waals surface area (Å²) in [5, 5.41) is -0.461. The van der Waals surface area contributed by atoms with E-state index < -0.39 is 23.2 Å². The van der Waals surface area contributed by atoms with Gasteiger partial charge in [0.2, 0.25) is 0 Å². The highest BCUT2D eigenvalue weighted by Gasteiger charge is 2.41. The zero-order valence-electron chi connectivity index (χ0n) is 12.0. The Morgan fingerprint density at radius 2 is 2.10 bits per heavy atom. The first-order chi connectivity index (χ1) is 9.93. The number of carbonyl (C=O) groups excluding carboxylic acids is 3. The van der Waals surface area contributed by atoms with Crippen molar-refractivity contribution < 1.29 is 19.1 Å². The smallest absolute Gasteiger partial charge is 0.328 e. The van der Waals surface area contributed by atoms with Gasteiger partial charge in [0, 0.05) is 0 Å². The number of benzene rings is 1. The van der Waals surface area contributed by atoms with Gasteiger partial charge in [0.1, 0.15) is 6.04 Å². The summed E-state index contributed by atoms with van der Waals surface area (Å²) in [6, 6.07) is 6.67. The molecule has 1 heterocycles. The molecule has 2 amide bonds. The maximum atomic E-state index is 12.3. The summed E-state index contributed by atoms with van der Waals surface area (Å²) in [6.07, 6.45) is 1.65. The predicted molar refractivity (Wildman–Crippen MR) is 80.5 cm³/mol. The highest BCUT2D eigenvalue weighted by molar-refractivity contribution is 8.18. The highest BCUT2D eigenvalue weighted by atomic mass is 32.2. The second kappa shape index (κ2) is 6.13. The van der Waals surface area contributed by atoms with E-state index >= 15 is 0 Å². The lowest BCUT2D eigenvalue weighted by molar-refractivity contribution is -0.148. The van der Waals surface area contributed by atoms with Crippen LogP contribution in [-0.2, 0) is 14.3 Å². The normalized spacial score (nSPS) is 18.2. The molecule has 5 nitrogen and oxygen atoms in total. The van der Waals surface area contributed by atoms with Crippen LogP contribution in [0.25, 0.3) is 6.08 Å². The summed E-state index contributed by atoms with van der Waals surface area (Å²) in [5.74, 6) is -1.08. The molecule has 0 saturated carbocycles. The standard InChI is InChI=1S/C15H15NO4S/c1-9-5-4-6-11(7-9)8-12-13(17)16(15(19)21-12)10(2)14(18)20-3/h4-8,10H,1-3H3/b12-8-/t10-/m1/s1.